The SMILES string of the molecule is Cc1ccc(C2(C)CN=C(N)N2CCN(C)C)cc1F. The molecule has 20 heavy (non-hydrogen) atoms. The maximum Gasteiger partial charge on any atom is 0.192 e. The smallest absolute Gasteiger partial charge is 0.192 e. The normalized spacial score (nSPS) is 22.5. The summed E-state index contributed by atoms with van der Waals surface area (Å²) in [4.78, 5) is 8.52. The van der Waals surface area contributed by atoms with Gasteiger partial charge >= 0.3 is 0 Å². The molecule has 1 unspecified atom stereocenters. The fraction of sp³-hybridized carbons (Fsp3) is 0.533. The molecule has 2 rings (SSSR count). The number of likely N-dealkylation sites (N-methyl/N-ethyl adjacent to an activating group) is 1. The molecule has 0 aliphatic carbocycles. The Hall–Kier alpha value is -1.62. The van der Waals surface area contributed by atoms with Gasteiger partial charge in [0.1, 0.15) is 5.82 Å². The Morgan fingerprint density at radius 1 is 1.45 bits per heavy atom. The van der Waals surface area contributed by atoms with E-state index in [1.165, 1.54) is 0 Å². The topological polar surface area (TPSA) is 44.9 Å². The van der Waals surface area contributed by atoms with Crippen LogP contribution < -0.4 is 5.73 Å². The molecule has 1 aromatic carbocycles. The summed E-state index contributed by atoms with van der Waals surface area (Å²) in [7, 11) is 4.04. The quantitative estimate of drug-likeness (QED) is 0.908. The molecule has 1 atom stereocenters. The van der Waals surface area contributed by atoms with E-state index in [4.69, 9.17) is 5.73 Å². The molecule has 0 saturated heterocycles. The average molecular weight is 278 g/mol. The van der Waals surface area contributed by atoms with Gasteiger partial charge in [0.25, 0.3) is 0 Å². The van der Waals surface area contributed by atoms with Crippen molar-refractivity contribution in [2.45, 2.75) is 19.4 Å². The highest BCUT2D eigenvalue weighted by Gasteiger charge is 2.39. The Kier molecular flexibility index (Phi) is 3.99. The maximum absolute atomic E-state index is 13.8. The Morgan fingerprint density at radius 2 is 2.15 bits per heavy atom. The lowest BCUT2D eigenvalue weighted by molar-refractivity contribution is 0.204. The molecule has 4 nitrogen and oxygen atoms in total. The number of nitrogens with two attached hydrogens (primary N) is 1. The molecule has 1 aliphatic rings. The van der Waals surface area contributed by atoms with Crippen molar-refractivity contribution in [1.29, 1.82) is 0 Å². The molecule has 0 radical (unpaired) electrons. The van der Waals surface area contributed by atoms with Crippen LogP contribution in [0.15, 0.2) is 23.2 Å². The third-order valence-corrected chi connectivity index (χ3v) is 3.99. The van der Waals surface area contributed by atoms with Crippen molar-refractivity contribution >= 4 is 5.96 Å². The van der Waals surface area contributed by atoms with Gasteiger partial charge in [0.05, 0.1) is 12.1 Å². The van der Waals surface area contributed by atoms with Crippen molar-refractivity contribution in [1.82, 2.24) is 9.80 Å². The van der Waals surface area contributed by atoms with Gasteiger partial charge in [-0.3, -0.25) is 4.99 Å². The summed E-state index contributed by atoms with van der Waals surface area (Å²) in [6, 6.07) is 5.38. The van der Waals surface area contributed by atoms with Crippen molar-refractivity contribution in [3.05, 3.63) is 35.1 Å². The fourth-order valence-electron chi connectivity index (χ4n) is 2.49. The second kappa shape index (κ2) is 5.40. The zero-order chi connectivity index (χ0) is 14.9. The molecule has 0 bridgehead atoms. The lowest BCUT2D eigenvalue weighted by atomic mass is 9.90. The highest BCUT2D eigenvalue weighted by molar-refractivity contribution is 5.81. The number of nitrogens with zero attached hydrogens (tertiary/aromatic N) is 3. The van der Waals surface area contributed by atoms with Crippen LogP contribution in [0.25, 0.3) is 0 Å². The number of hydrogen-bond donors (Lipinski definition) is 1. The number of rotatable bonds is 4. The molecule has 5 heteroatoms. The van der Waals surface area contributed by atoms with Gasteiger partial charge in [0.2, 0.25) is 0 Å². The van der Waals surface area contributed by atoms with Gasteiger partial charge in [-0.2, -0.15) is 0 Å². The standard InChI is InChI=1S/C15H23FN4/c1-11-5-6-12(9-13(11)16)15(2)10-18-14(17)20(15)8-7-19(3)4/h5-6,9H,7-8,10H2,1-4H3,(H2,17,18). The van der Waals surface area contributed by atoms with Gasteiger partial charge in [-0.25, -0.2) is 4.39 Å². The van der Waals surface area contributed by atoms with Gasteiger partial charge in [0.15, 0.2) is 5.96 Å². The number of aliphatic imine (C=N–C) groups is 1. The van der Waals surface area contributed by atoms with Gasteiger partial charge in [-0.15, -0.1) is 0 Å². The third kappa shape index (κ3) is 2.63. The second-order valence-electron chi connectivity index (χ2n) is 5.87. The minimum absolute atomic E-state index is 0.179. The molecule has 110 valence electrons. The summed E-state index contributed by atoms with van der Waals surface area (Å²) in [5.74, 6) is 0.358. The van der Waals surface area contributed by atoms with Crippen molar-refractivity contribution in [2.24, 2.45) is 10.7 Å². The van der Waals surface area contributed by atoms with Crippen LogP contribution in [0.5, 0.6) is 0 Å². The molecule has 0 spiro atoms. The van der Waals surface area contributed by atoms with Crippen molar-refractivity contribution in [2.75, 3.05) is 33.7 Å². The molecule has 1 aliphatic heterocycles. The molecule has 0 aromatic heterocycles. The van der Waals surface area contributed by atoms with Crippen LogP contribution in [0.3, 0.4) is 0 Å². The maximum atomic E-state index is 13.8. The minimum atomic E-state index is -0.366. The number of aryl methyl sites for hydroxylation is 1. The van der Waals surface area contributed by atoms with Crippen LogP contribution in [0.4, 0.5) is 4.39 Å². The number of benzene rings is 1. The molecular formula is C15H23FN4. The fourth-order valence-corrected chi connectivity index (χ4v) is 2.49. The van der Waals surface area contributed by atoms with E-state index >= 15 is 0 Å². The van der Waals surface area contributed by atoms with Gasteiger partial charge in [-0.05, 0) is 45.1 Å². The van der Waals surface area contributed by atoms with E-state index in [0.29, 0.717) is 18.1 Å². The molecule has 0 fully saturated rings. The average Bonchev–Trinajstić information content (AvgIpc) is 2.67. The summed E-state index contributed by atoms with van der Waals surface area (Å²) in [6.07, 6.45) is 0. The Morgan fingerprint density at radius 3 is 2.75 bits per heavy atom. The highest BCUT2D eigenvalue weighted by Crippen LogP contribution is 2.33. The predicted molar refractivity (Wildman–Crippen MR) is 80.2 cm³/mol. The van der Waals surface area contributed by atoms with Crippen LogP contribution in [-0.2, 0) is 5.54 Å². The summed E-state index contributed by atoms with van der Waals surface area (Å²) in [6.45, 7) is 6.05. The van der Waals surface area contributed by atoms with E-state index in [1.807, 2.05) is 26.2 Å². The Balaban J connectivity index is 2.29. The lowest BCUT2D eigenvalue weighted by Crippen LogP contribution is -2.49. The highest BCUT2D eigenvalue weighted by atomic mass is 19.1. The van der Waals surface area contributed by atoms with E-state index in [0.717, 1.165) is 18.7 Å². The van der Waals surface area contributed by atoms with Gasteiger partial charge < -0.3 is 15.5 Å². The molecule has 0 saturated carbocycles. The monoisotopic (exact) mass is 278 g/mol. The summed E-state index contributed by atoms with van der Waals surface area (Å²) < 4.78 is 13.8. The van der Waals surface area contributed by atoms with E-state index in [9.17, 15) is 4.39 Å². The van der Waals surface area contributed by atoms with Crippen LogP contribution in [-0.4, -0.2) is 49.5 Å². The summed E-state index contributed by atoms with van der Waals surface area (Å²) in [5, 5.41) is 0. The number of halogens is 1. The molecule has 2 N–H and O–H groups in total. The van der Waals surface area contributed by atoms with E-state index < -0.39 is 0 Å². The zero-order valence-electron chi connectivity index (χ0n) is 12.7. The zero-order valence-corrected chi connectivity index (χ0v) is 12.7. The summed E-state index contributed by atoms with van der Waals surface area (Å²) in [5.41, 5.74) is 7.22. The van der Waals surface area contributed by atoms with Crippen LogP contribution >= 0.6 is 0 Å². The number of hydrogen-bond acceptors (Lipinski definition) is 4. The van der Waals surface area contributed by atoms with E-state index in [-0.39, 0.29) is 11.4 Å². The molecular weight excluding hydrogens is 255 g/mol. The van der Waals surface area contributed by atoms with Crippen LogP contribution in [0.1, 0.15) is 18.1 Å². The number of guanidine groups is 1. The molecule has 1 aromatic rings. The van der Waals surface area contributed by atoms with E-state index in [2.05, 4.69) is 21.7 Å². The molecule has 1 heterocycles. The minimum Gasteiger partial charge on any atom is -0.370 e. The summed E-state index contributed by atoms with van der Waals surface area (Å²) >= 11 is 0. The van der Waals surface area contributed by atoms with Crippen LogP contribution in [0, 0.1) is 12.7 Å². The first-order valence-electron chi connectivity index (χ1n) is 6.83. The van der Waals surface area contributed by atoms with E-state index in [1.54, 1.807) is 13.0 Å². The van der Waals surface area contributed by atoms with Gasteiger partial charge in [-0.1, -0.05) is 12.1 Å². The van der Waals surface area contributed by atoms with Gasteiger partial charge in [0, 0.05) is 13.1 Å². The van der Waals surface area contributed by atoms with Crippen molar-refractivity contribution in [3.63, 3.8) is 0 Å². The predicted octanol–water partition coefficient (Wildman–Crippen LogP) is 1.54. The van der Waals surface area contributed by atoms with Crippen molar-refractivity contribution in [3.8, 4) is 0 Å². The van der Waals surface area contributed by atoms with Crippen molar-refractivity contribution < 1.29 is 4.39 Å². The Labute approximate surface area is 120 Å². The third-order valence-electron chi connectivity index (χ3n) is 3.99. The lowest BCUT2D eigenvalue weighted by Gasteiger charge is -2.37. The van der Waals surface area contributed by atoms with Crippen LogP contribution in [0.2, 0.25) is 0 Å². The first-order chi connectivity index (χ1) is 9.34. The first-order valence-corrected chi connectivity index (χ1v) is 6.83. The first kappa shape index (κ1) is 14.8. The molecule has 0 amide bonds. The second-order valence-corrected chi connectivity index (χ2v) is 5.87. The largest absolute Gasteiger partial charge is 0.370 e. The Bertz CT molecular complexity index is 527.